The molecule has 16 heavy (non-hydrogen) atoms. The highest BCUT2D eigenvalue weighted by atomic mass is 15.1. The minimum Gasteiger partial charge on any atom is -0.383 e. The Morgan fingerprint density at radius 2 is 1.88 bits per heavy atom. The summed E-state index contributed by atoms with van der Waals surface area (Å²) in [5.41, 5.74) is 7.03. The van der Waals surface area contributed by atoms with E-state index in [1.54, 1.807) is 0 Å². The maximum atomic E-state index is 6.00. The van der Waals surface area contributed by atoms with Gasteiger partial charge in [-0.3, -0.25) is 4.99 Å². The topological polar surface area (TPSA) is 41.6 Å². The van der Waals surface area contributed by atoms with Crippen molar-refractivity contribution in [3.8, 4) is 0 Å². The second kappa shape index (κ2) is 5.12. The zero-order valence-corrected chi connectivity index (χ0v) is 9.76. The first kappa shape index (κ1) is 11.1. The first-order valence-electron chi connectivity index (χ1n) is 5.83. The number of nitrogens with two attached hydrogens (primary N) is 1. The number of amidine groups is 1. The van der Waals surface area contributed by atoms with Gasteiger partial charge in [0.25, 0.3) is 0 Å². The number of nitrogens with zero attached hydrogens (tertiary/aromatic N) is 2. The van der Waals surface area contributed by atoms with Gasteiger partial charge in [-0.1, -0.05) is 30.3 Å². The third-order valence-corrected chi connectivity index (χ3v) is 3.08. The molecule has 1 aromatic rings. The van der Waals surface area contributed by atoms with E-state index in [2.05, 4.69) is 16.9 Å². The molecule has 86 valence electrons. The molecule has 0 unspecified atom stereocenters. The molecule has 0 bridgehead atoms. The van der Waals surface area contributed by atoms with E-state index in [9.17, 15) is 0 Å². The van der Waals surface area contributed by atoms with Crippen LogP contribution in [0.3, 0.4) is 0 Å². The lowest BCUT2D eigenvalue weighted by Gasteiger charge is -2.26. The van der Waals surface area contributed by atoms with Gasteiger partial charge in [0, 0.05) is 5.56 Å². The molecule has 1 fully saturated rings. The van der Waals surface area contributed by atoms with Gasteiger partial charge < -0.3 is 10.6 Å². The van der Waals surface area contributed by atoms with E-state index in [-0.39, 0.29) is 0 Å². The van der Waals surface area contributed by atoms with E-state index in [1.165, 1.54) is 0 Å². The number of aliphatic imine (C=N–C) groups is 1. The summed E-state index contributed by atoms with van der Waals surface area (Å²) in [5.74, 6) is 0.676. The Kier molecular flexibility index (Phi) is 3.57. The van der Waals surface area contributed by atoms with Gasteiger partial charge in [-0.25, -0.2) is 0 Å². The lowest BCUT2D eigenvalue weighted by molar-refractivity contribution is 0.257. The minimum atomic E-state index is 0.399. The van der Waals surface area contributed by atoms with Gasteiger partial charge in [0.2, 0.25) is 0 Å². The van der Waals surface area contributed by atoms with Gasteiger partial charge in [-0.05, 0) is 33.0 Å². The van der Waals surface area contributed by atoms with Crippen molar-refractivity contribution in [1.82, 2.24) is 4.90 Å². The molecule has 0 saturated carbocycles. The van der Waals surface area contributed by atoms with Gasteiger partial charge in [-0.15, -0.1) is 0 Å². The molecule has 1 aliphatic rings. The highest BCUT2D eigenvalue weighted by Crippen LogP contribution is 2.12. The first-order valence-corrected chi connectivity index (χ1v) is 5.83. The molecular weight excluding hydrogens is 198 g/mol. The number of benzene rings is 1. The lowest BCUT2D eigenvalue weighted by atomic mass is 10.1. The average Bonchev–Trinajstić information content (AvgIpc) is 2.33. The molecule has 2 rings (SSSR count). The van der Waals surface area contributed by atoms with E-state index in [4.69, 9.17) is 5.73 Å². The standard InChI is InChI=1S/C13H19N3/c1-16-9-7-12(8-10-16)15-13(14)11-5-3-2-4-6-11/h2-6,12H,7-10H2,1H3,(H2,14,15). The Bertz CT molecular complexity index is 351. The molecule has 1 aromatic carbocycles. The van der Waals surface area contributed by atoms with Crippen LogP contribution in [0.2, 0.25) is 0 Å². The van der Waals surface area contributed by atoms with E-state index in [1.807, 2.05) is 30.3 Å². The lowest BCUT2D eigenvalue weighted by Crippen LogP contribution is -2.33. The molecule has 0 amide bonds. The summed E-state index contributed by atoms with van der Waals surface area (Å²) in [4.78, 5) is 6.95. The van der Waals surface area contributed by atoms with E-state index < -0.39 is 0 Å². The largest absolute Gasteiger partial charge is 0.383 e. The summed E-state index contributed by atoms with van der Waals surface area (Å²) < 4.78 is 0. The molecule has 0 aliphatic carbocycles. The fourth-order valence-electron chi connectivity index (χ4n) is 2.00. The van der Waals surface area contributed by atoms with Crippen LogP contribution in [-0.4, -0.2) is 36.9 Å². The van der Waals surface area contributed by atoms with Crippen molar-refractivity contribution < 1.29 is 0 Å². The highest BCUT2D eigenvalue weighted by molar-refractivity contribution is 5.97. The van der Waals surface area contributed by atoms with Crippen molar-refractivity contribution in [2.75, 3.05) is 20.1 Å². The van der Waals surface area contributed by atoms with Gasteiger partial charge in [0.15, 0.2) is 0 Å². The number of hydrogen-bond acceptors (Lipinski definition) is 2. The SMILES string of the molecule is CN1CCC(N=C(N)c2ccccc2)CC1. The Morgan fingerprint density at radius 3 is 2.50 bits per heavy atom. The van der Waals surface area contributed by atoms with Crippen molar-refractivity contribution in [3.63, 3.8) is 0 Å². The first-order chi connectivity index (χ1) is 7.75. The maximum absolute atomic E-state index is 6.00. The van der Waals surface area contributed by atoms with Crippen molar-refractivity contribution >= 4 is 5.84 Å². The predicted molar refractivity (Wildman–Crippen MR) is 67.7 cm³/mol. The third-order valence-electron chi connectivity index (χ3n) is 3.08. The molecule has 3 heteroatoms. The van der Waals surface area contributed by atoms with Gasteiger partial charge in [0.1, 0.15) is 5.84 Å². The quantitative estimate of drug-likeness (QED) is 0.602. The average molecular weight is 217 g/mol. The predicted octanol–water partition coefficient (Wildman–Crippen LogP) is 1.49. The van der Waals surface area contributed by atoms with Gasteiger partial charge in [0.05, 0.1) is 6.04 Å². The van der Waals surface area contributed by atoms with Crippen LogP contribution in [0, 0.1) is 0 Å². The van der Waals surface area contributed by atoms with E-state index in [0.29, 0.717) is 11.9 Å². The molecule has 1 saturated heterocycles. The fraction of sp³-hybridized carbons (Fsp3) is 0.462. The smallest absolute Gasteiger partial charge is 0.125 e. The van der Waals surface area contributed by atoms with Crippen molar-refractivity contribution in [2.45, 2.75) is 18.9 Å². The molecular formula is C13H19N3. The maximum Gasteiger partial charge on any atom is 0.125 e. The van der Waals surface area contributed by atoms with Crippen LogP contribution in [0.25, 0.3) is 0 Å². The number of likely N-dealkylation sites (tertiary alicyclic amines) is 1. The Hall–Kier alpha value is -1.35. The van der Waals surface area contributed by atoms with Crippen LogP contribution in [0.15, 0.2) is 35.3 Å². The Morgan fingerprint density at radius 1 is 1.25 bits per heavy atom. The van der Waals surface area contributed by atoms with E-state index in [0.717, 1.165) is 31.5 Å². The van der Waals surface area contributed by atoms with Crippen LogP contribution in [0.4, 0.5) is 0 Å². The van der Waals surface area contributed by atoms with Crippen molar-refractivity contribution in [3.05, 3.63) is 35.9 Å². The summed E-state index contributed by atoms with van der Waals surface area (Å²) in [6, 6.07) is 10.4. The Balaban J connectivity index is 2.02. The van der Waals surface area contributed by atoms with Crippen LogP contribution in [0.1, 0.15) is 18.4 Å². The van der Waals surface area contributed by atoms with Crippen LogP contribution < -0.4 is 5.73 Å². The zero-order valence-electron chi connectivity index (χ0n) is 9.76. The highest BCUT2D eigenvalue weighted by Gasteiger charge is 2.15. The van der Waals surface area contributed by atoms with Crippen molar-refractivity contribution in [2.24, 2.45) is 10.7 Å². The van der Waals surface area contributed by atoms with Gasteiger partial charge >= 0.3 is 0 Å². The third kappa shape index (κ3) is 2.83. The summed E-state index contributed by atoms with van der Waals surface area (Å²) in [7, 11) is 2.15. The Labute approximate surface area is 97.0 Å². The molecule has 0 spiro atoms. The van der Waals surface area contributed by atoms with Gasteiger partial charge in [-0.2, -0.15) is 0 Å². The monoisotopic (exact) mass is 217 g/mol. The second-order valence-electron chi connectivity index (χ2n) is 4.41. The van der Waals surface area contributed by atoms with Crippen molar-refractivity contribution in [1.29, 1.82) is 0 Å². The van der Waals surface area contributed by atoms with Crippen LogP contribution >= 0.6 is 0 Å². The minimum absolute atomic E-state index is 0.399. The zero-order chi connectivity index (χ0) is 11.4. The summed E-state index contributed by atoms with van der Waals surface area (Å²) >= 11 is 0. The summed E-state index contributed by atoms with van der Waals surface area (Å²) in [6.07, 6.45) is 2.23. The summed E-state index contributed by atoms with van der Waals surface area (Å²) in [6.45, 7) is 2.24. The number of piperidine rings is 1. The molecule has 0 aromatic heterocycles. The molecule has 1 aliphatic heterocycles. The molecule has 0 atom stereocenters. The molecule has 2 N–H and O–H groups in total. The van der Waals surface area contributed by atoms with Crippen LogP contribution in [-0.2, 0) is 0 Å². The number of rotatable bonds is 2. The molecule has 3 nitrogen and oxygen atoms in total. The molecule has 1 heterocycles. The fourth-order valence-corrected chi connectivity index (χ4v) is 2.00. The summed E-state index contributed by atoms with van der Waals surface area (Å²) in [5, 5.41) is 0. The molecule has 0 radical (unpaired) electrons. The van der Waals surface area contributed by atoms with Crippen LogP contribution in [0.5, 0.6) is 0 Å². The number of hydrogen-bond donors (Lipinski definition) is 1. The normalized spacial score (nSPS) is 19.9. The second-order valence-corrected chi connectivity index (χ2v) is 4.41. The van der Waals surface area contributed by atoms with E-state index >= 15 is 0 Å².